The van der Waals surface area contributed by atoms with Crippen LogP contribution in [0, 0.1) is 5.82 Å². The van der Waals surface area contributed by atoms with E-state index in [9.17, 15) is 4.39 Å². The van der Waals surface area contributed by atoms with Crippen molar-refractivity contribution in [3.63, 3.8) is 0 Å². The third-order valence-corrected chi connectivity index (χ3v) is 3.18. The maximum absolute atomic E-state index is 13.5. The third-order valence-electron chi connectivity index (χ3n) is 2.02. The Morgan fingerprint density at radius 1 is 1.57 bits per heavy atom. The van der Waals surface area contributed by atoms with E-state index in [0.717, 1.165) is 15.8 Å². The number of nitrogens with one attached hydrogen (secondary N) is 1. The molecule has 0 heterocycles. The van der Waals surface area contributed by atoms with Gasteiger partial charge in [0.15, 0.2) is 0 Å². The van der Waals surface area contributed by atoms with E-state index in [-0.39, 0.29) is 11.9 Å². The maximum atomic E-state index is 13.5. The summed E-state index contributed by atoms with van der Waals surface area (Å²) >= 11 is 5.04. The SMILES string of the molecule is CNC(CSC)c1cc(Br)ccc1F. The zero-order valence-corrected chi connectivity index (χ0v) is 10.6. The molecule has 0 saturated heterocycles. The standard InChI is InChI=1S/C10H13BrFNS/c1-13-10(6-14-2)8-5-7(11)3-4-9(8)12/h3-5,10,13H,6H2,1-2H3. The van der Waals surface area contributed by atoms with Crippen LogP contribution in [-0.2, 0) is 0 Å². The van der Waals surface area contributed by atoms with Crippen LogP contribution in [-0.4, -0.2) is 19.1 Å². The van der Waals surface area contributed by atoms with Crippen LogP contribution in [0.4, 0.5) is 4.39 Å². The zero-order valence-electron chi connectivity index (χ0n) is 8.18. The summed E-state index contributed by atoms with van der Waals surface area (Å²) in [5.74, 6) is 0.714. The molecule has 1 unspecified atom stereocenters. The molecule has 1 atom stereocenters. The molecule has 1 N–H and O–H groups in total. The third kappa shape index (κ3) is 2.97. The van der Waals surface area contributed by atoms with E-state index in [1.807, 2.05) is 19.4 Å². The van der Waals surface area contributed by atoms with Gasteiger partial charge in [0, 0.05) is 21.8 Å². The van der Waals surface area contributed by atoms with Crippen LogP contribution < -0.4 is 5.32 Å². The highest BCUT2D eigenvalue weighted by Gasteiger charge is 2.13. The van der Waals surface area contributed by atoms with Gasteiger partial charge in [-0.15, -0.1) is 0 Å². The summed E-state index contributed by atoms with van der Waals surface area (Å²) in [7, 11) is 1.85. The predicted octanol–water partition coefficient (Wildman–Crippen LogP) is 3.21. The average molecular weight is 278 g/mol. The predicted molar refractivity (Wildman–Crippen MR) is 64.3 cm³/mol. The van der Waals surface area contributed by atoms with E-state index in [4.69, 9.17) is 0 Å². The summed E-state index contributed by atoms with van der Waals surface area (Å²) < 4.78 is 14.4. The van der Waals surface area contributed by atoms with Crippen molar-refractivity contribution in [1.29, 1.82) is 0 Å². The highest BCUT2D eigenvalue weighted by molar-refractivity contribution is 9.10. The van der Waals surface area contributed by atoms with Gasteiger partial charge in [0.25, 0.3) is 0 Å². The van der Waals surface area contributed by atoms with Crippen LogP contribution in [0.25, 0.3) is 0 Å². The average Bonchev–Trinajstić information content (AvgIpc) is 2.18. The van der Waals surface area contributed by atoms with Crippen molar-refractivity contribution in [1.82, 2.24) is 5.32 Å². The van der Waals surface area contributed by atoms with Crippen LogP contribution in [0.2, 0.25) is 0 Å². The van der Waals surface area contributed by atoms with Gasteiger partial charge in [-0.2, -0.15) is 11.8 Å². The molecule has 0 spiro atoms. The zero-order chi connectivity index (χ0) is 10.6. The summed E-state index contributed by atoms with van der Waals surface area (Å²) in [4.78, 5) is 0. The number of hydrogen-bond donors (Lipinski definition) is 1. The maximum Gasteiger partial charge on any atom is 0.128 e. The molecule has 0 radical (unpaired) electrons. The molecule has 78 valence electrons. The summed E-state index contributed by atoms with van der Waals surface area (Å²) in [6.07, 6.45) is 2.01. The molecule has 14 heavy (non-hydrogen) atoms. The van der Waals surface area contributed by atoms with E-state index >= 15 is 0 Å². The smallest absolute Gasteiger partial charge is 0.128 e. The first-order valence-electron chi connectivity index (χ1n) is 4.30. The fraction of sp³-hybridized carbons (Fsp3) is 0.400. The second-order valence-electron chi connectivity index (χ2n) is 2.96. The normalized spacial score (nSPS) is 12.9. The van der Waals surface area contributed by atoms with Crippen molar-refractivity contribution in [2.24, 2.45) is 0 Å². The molecule has 1 nitrogen and oxygen atoms in total. The fourth-order valence-electron chi connectivity index (χ4n) is 1.28. The molecule has 1 rings (SSSR count). The number of thioether (sulfide) groups is 1. The number of benzene rings is 1. The van der Waals surface area contributed by atoms with Gasteiger partial charge in [-0.1, -0.05) is 15.9 Å². The lowest BCUT2D eigenvalue weighted by atomic mass is 10.1. The minimum Gasteiger partial charge on any atom is -0.312 e. The van der Waals surface area contributed by atoms with Crippen molar-refractivity contribution < 1.29 is 4.39 Å². The molecule has 0 amide bonds. The minimum absolute atomic E-state index is 0.0718. The Kier molecular flexibility index (Phi) is 4.92. The van der Waals surface area contributed by atoms with Crippen LogP contribution in [0.3, 0.4) is 0 Å². The van der Waals surface area contributed by atoms with Crippen LogP contribution in [0.1, 0.15) is 11.6 Å². The van der Waals surface area contributed by atoms with E-state index in [1.165, 1.54) is 6.07 Å². The van der Waals surface area contributed by atoms with Crippen molar-refractivity contribution in [2.75, 3.05) is 19.1 Å². The first-order chi connectivity index (χ1) is 6.69. The summed E-state index contributed by atoms with van der Waals surface area (Å²) in [5.41, 5.74) is 0.719. The monoisotopic (exact) mass is 277 g/mol. The van der Waals surface area contributed by atoms with E-state index in [1.54, 1.807) is 17.8 Å². The second-order valence-corrected chi connectivity index (χ2v) is 4.79. The van der Waals surface area contributed by atoms with E-state index in [2.05, 4.69) is 21.2 Å². The van der Waals surface area contributed by atoms with Gasteiger partial charge in [-0.05, 0) is 31.5 Å². The molecule has 0 aliphatic heterocycles. The lowest BCUT2D eigenvalue weighted by Gasteiger charge is -2.16. The molecular weight excluding hydrogens is 265 g/mol. The van der Waals surface area contributed by atoms with Gasteiger partial charge in [-0.3, -0.25) is 0 Å². The van der Waals surface area contributed by atoms with Gasteiger partial charge >= 0.3 is 0 Å². The van der Waals surface area contributed by atoms with E-state index < -0.39 is 0 Å². The van der Waals surface area contributed by atoms with Crippen molar-refractivity contribution in [3.8, 4) is 0 Å². The first-order valence-corrected chi connectivity index (χ1v) is 6.49. The van der Waals surface area contributed by atoms with Crippen LogP contribution >= 0.6 is 27.7 Å². The van der Waals surface area contributed by atoms with Gasteiger partial charge < -0.3 is 5.32 Å². The lowest BCUT2D eigenvalue weighted by Crippen LogP contribution is -2.19. The fourth-order valence-corrected chi connectivity index (χ4v) is 2.34. The molecule has 0 bridgehead atoms. The Balaban J connectivity index is 2.96. The molecule has 0 aliphatic rings. The summed E-state index contributed by atoms with van der Waals surface area (Å²) in [6, 6.07) is 5.10. The molecule has 1 aromatic rings. The first kappa shape index (κ1) is 12.0. The molecular formula is C10H13BrFNS. The van der Waals surface area contributed by atoms with Crippen molar-refractivity contribution in [2.45, 2.75) is 6.04 Å². The Labute approximate surface area is 96.6 Å². The minimum atomic E-state index is -0.151. The van der Waals surface area contributed by atoms with Gasteiger partial charge in [-0.25, -0.2) is 4.39 Å². The molecule has 0 aliphatic carbocycles. The van der Waals surface area contributed by atoms with Crippen molar-refractivity contribution >= 4 is 27.7 Å². The second kappa shape index (κ2) is 5.73. The quantitative estimate of drug-likeness (QED) is 0.907. The summed E-state index contributed by atoms with van der Waals surface area (Å²) in [5, 5.41) is 3.11. The van der Waals surface area contributed by atoms with Gasteiger partial charge in [0.1, 0.15) is 5.82 Å². The van der Waals surface area contributed by atoms with Gasteiger partial charge in [0.05, 0.1) is 0 Å². The van der Waals surface area contributed by atoms with E-state index in [0.29, 0.717) is 0 Å². The highest BCUT2D eigenvalue weighted by Crippen LogP contribution is 2.23. The van der Waals surface area contributed by atoms with Gasteiger partial charge in [0.2, 0.25) is 0 Å². The largest absolute Gasteiger partial charge is 0.312 e. The Morgan fingerprint density at radius 2 is 2.29 bits per heavy atom. The number of rotatable bonds is 4. The topological polar surface area (TPSA) is 12.0 Å². The molecule has 4 heteroatoms. The Hall–Kier alpha value is -0.0600. The molecule has 0 aromatic heterocycles. The molecule has 1 aromatic carbocycles. The van der Waals surface area contributed by atoms with Crippen molar-refractivity contribution in [3.05, 3.63) is 34.1 Å². The Morgan fingerprint density at radius 3 is 2.86 bits per heavy atom. The Bertz CT molecular complexity index is 306. The van der Waals surface area contributed by atoms with Crippen LogP contribution in [0.5, 0.6) is 0 Å². The summed E-state index contributed by atoms with van der Waals surface area (Å²) in [6.45, 7) is 0. The highest BCUT2D eigenvalue weighted by atomic mass is 79.9. The van der Waals surface area contributed by atoms with Crippen LogP contribution in [0.15, 0.2) is 22.7 Å². The molecule has 0 fully saturated rings. The number of halogens is 2. The molecule has 0 saturated carbocycles. The lowest BCUT2D eigenvalue weighted by molar-refractivity contribution is 0.565. The number of hydrogen-bond acceptors (Lipinski definition) is 2.